The third-order valence-corrected chi connectivity index (χ3v) is 3.74. The van der Waals surface area contributed by atoms with Gasteiger partial charge < -0.3 is 19.3 Å². The highest BCUT2D eigenvalue weighted by Gasteiger charge is 2.32. The monoisotopic (exact) mass is 315 g/mol. The van der Waals surface area contributed by atoms with Crippen LogP contribution in [0.1, 0.15) is 17.3 Å². The van der Waals surface area contributed by atoms with Gasteiger partial charge in [0.15, 0.2) is 6.10 Å². The van der Waals surface area contributed by atoms with Gasteiger partial charge in [0.1, 0.15) is 0 Å². The molecule has 7 nitrogen and oxygen atoms in total. The zero-order chi connectivity index (χ0) is 16.4. The Labute approximate surface area is 133 Å². The molecule has 3 rings (SSSR count). The Morgan fingerprint density at radius 3 is 2.61 bits per heavy atom. The zero-order valence-electron chi connectivity index (χ0n) is 12.6. The van der Waals surface area contributed by atoms with E-state index in [9.17, 15) is 9.59 Å². The minimum atomic E-state index is -1.05. The van der Waals surface area contributed by atoms with Gasteiger partial charge in [0.2, 0.25) is 0 Å². The first-order valence-electron chi connectivity index (χ1n) is 7.30. The maximum absolute atomic E-state index is 12.6. The number of hydrogen-bond acceptors (Lipinski definition) is 4. The minimum Gasteiger partial charge on any atom is -0.479 e. The number of ether oxygens (including phenoxy) is 1. The van der Waals surface area contributed by atoms with Crippen molar-refractivity contribution in [3.05, 3.63) is 48.5 Å². The van der Waals surface area contributed by atoms with E-state index in [0.29, 0.717) is 12.1 Å². The number of hydrogen-bond donors (Lipinski definition) is 1. The van der Waals surface area contributed by atoms with Gasteiger partial charge in [0.05, 0.1) is 19.0 Å². The van der Waals surface area contributed by atoms with E-state index in [2.05, 4.69) is 4.98 Å². The number of carbonyl (C=O) groups excluding carboxylic acids is 1. The Morgan fingerprint density at radius 1 is 1.26 bits per heavy atom. The Hall–Kier alpha value is -2.67. The van der Waals surface area contributed by atoms with Gasteiger partial charge in [0, 0.05) is 30.2 Å². The lowest BCUT2D eigenvalue weighted by atomic mass is 10.1. The predicted molar refractivity (Wildman–Crippen MR) is 81.4 cm³/mol. The van der Waals surface area contributed by atoms with Crippen molar-refractivity contribution in [2.24, 2.45) is 0 Å². The van der Waals surface area contributed by atoms with Crippen molar-refractivity contribution in [2.45, 2.75) is 19.1 Å². The van der Waals surface area contributed by atoms with Crippen molar-refractivity contribution in [1.82, 2.24) is 14.5 Å². The predicted octanol–water partition coefficient (Wildman–Crippen LogP) is 1.19. The number of aromatic nitrogens is 2. The summed E-state index contributed by atoms with van der Waals surface area (Å²) in [6.45, 7) is 2.20. The molecule has 0 saturated carbocycles. The van der Waals surface area contributed by atoms with Gasteiger partial charge in [-0.1, -0.05) is 0 Å². The van der Waals surface area contributed by atoms with Crippen LogP contribution in [0, 0.1) is 0 Å². The molecule has 0 bridgehead atoms. The molecule has 1 aliphatic rings. The molecule has 23 heavy (non-hydrogen) atoms. The molecule has 0 aliphatic carbocycles. The summed E-state index contributed by atoms with van der Waals surface area (Å²) in [6, 6.07) is 7.11. The third kappa shape index (κ3) is 3.24. The molecular formula is C16H17N3O4. The molecule has 1 fully saturated rings. The maximum atomic E-state index is 12.6. The van der Waals surface area contributed by atoms with Crippen LogP contribution in [0.25, 0.3) is 5.69 Å². The fraction of sp³-hybridized carbons (Fsp3) is 0.312. The van der Waals surface area contributed by atoms with Crippen LogP contribution in [-0.4, -0.2) is 56.7 Å². The van der Waals surface area contributed by atoms with E-state index in [1.54, 1.807) is 31.6 Å². The molecule has 1 aromatic heterocycles. The zero-order valence-corrected chi connectivity index (χ0v) is 12.6. The Morgan fingerprint density at radius 2 is 2.00 bits per heavy atom. The number of aliphatic carboxylic acids is 1. The molecule has 1 N–H and O–H groups in total. The molecule has 1 saturated heterocycles. The SMILES string of the molecule is C[C@@H]1CN(C(=O)c2ccc(-n3ccnc3)cc2)CC(C(=O)O)O1. The van der Waals surface area contributed by atoms with E-state index in [0.717, 1.165) is 5.69 Å². The topological polar surface area (TPSA) is 84.7 Å². The van der Waals surface area contributed by atoms with Crippen molar-refractivity contribution in [3.8, 4) is 5.69 Å². The summed E-state index contributed by atoms with van der Waals surface area (Å²) in [6.07, 6.45) is 3.89. The van der Waals surface area contributed by atoms with Crippen LogP contribution in [0.15, 0.2) is 43.0 Å². The van der Waals surface area contributed by atoms with Gasteiger partial charge in [-0.05, 0) is 31.2 Å². The smallest absolute Gasteiger partial charge is 0.334 e. The van der Waals surface area contributed by atoms with Crippen molar-refractivity contribution in [3.63, 3.8) is 0 Å². The number of carbonyl (C=O) groups is 2. The quantitative estimate of drug-likeness (QED) is 0.919. The highest BCUT2D eigenvalue weighted by Crippen LogP contribution is 2.16. The fourth-order valence-corrected chi connectivity index (χ4v) is 2.62. The average molecular weight is 315 g/mol. The van der Waals surface area contributed by atoms with Crippen LogP contribution in [0.2, 0.25) is 0 Å². The van der Waals surface area contributed by atoms with E-state index in [1.165, 1.54) is 4.90 Å². The molecule has 1 amide bonds. The Bertz CT molecular complexity index is 697. The van der Waals surface area contributed by atoms with E-state index in [1.807, 2.05) is 22.9 Å². The molecule has 1 aromatic carbocycles. The van der Waals surface area contributed by atoms with Crippen LogP contribution in [-0.2, 0) is 9.53 Å². The van der Waals surface area contributed by atoms with Crippen LogP contribution in [0.4, 0.5) is 0 Å². The lowest BCUT2D eigenvalue weighted by Crippen LogP contribution is -2.51. The van der Waals surface area contributed by atoms with Crippen LogP contribution < -0.4 is 0 Å². The molecule has 120 valence electrons. The average Bonchev–Trinajstić information content (AvgIpc) is 3.08. The first-order chi connectivity index (χ1) is 11.0. The van der Waals surface area contributed by atoms with Crippen LogP contribution >= 0.6 is 0 Å². The Balaban J connectivity index is 1.76. The number of imidazole rings is 1. The minimum absolute atomic E-state index is 0.0573. The van der Waals surface area contributed by atoms with Gasteiger partial charge in [-0.2, -0.15) is 0 Å². The fourth-order valence-electron chi connectivity index (χ4n) is 2.62. The first-order valence-corrected chi connectivity index (χ1v) is 7.30. The summed E-state index contributed by atoms with van der Waals surface area (Å²) in [4.78, 5) is 29.2. The van der Waals surface area contributed by atoms with Gasteiger partial charge in [-0.25, -0.2) is 9.78 Å². The number of carboxylic acid groups (broad SMARTS) is 1. The van der Waals surface area contributed by atoms with E-state index in [-0.39, 0.29) is 18.6 Å². The largest absolute Gasteiger partial charge is 0.479 e. The Kier molecular flexibility index (Phi) is 4.12. The van der Waals surface area contributed by atoms with Crippen molar-refractivity contribution in [2.75, 3.05) is 13.1 Å². The number of amides is 1. The van der Waals surface area contributed by atoms with Crippen LogP contribution in [0.3, 0.4) is 0 Å². The maximum Gasteiger partial charge on any atom is 0.334 e. The standard InChI is InChI=1S/C16H17N3O4/c1-11-8-19(9-14(23-11)16(21)22)15(20)12-2-4-13(5-3-12)18-7-6-17-10-18/h2-7,10-11,14H,8-9H2,1H3,(H,21,22)/t11-,14?/m1/s1. The number of morpholine rings is 1. The van der Waals surface area contributed by atoms with Gasteiger partial charge >= 0.3 is 5.97 Å². The molecule has 0 radical (unpaired) electrons. The molecule has 0 spiro atoms. The van der Waals surface area contributed by atoms with Gasteiger partial charge in [-0.3, -0.25) is 4.79 Å². The summed E-state index contributed by atoms with van der Waals surface area (Å²) in [7, 11) is 0. The normalized spacial score (nSPS) is 21.2. The number of nitrogens with zero attached hydrogens (tertiary/aromatic N) is 3. The van der Waals surface area contributed by atoms with E-state index < -0.39 is 12.1 Å². The molecule has 2 atom stereocenters. The van der Waals surface area contributed by atoms with Crippen LogP contribution in [0.5, 0.6) is 0 Å². The number of benzene rings is 1. The molecule has 1 aliphatic heterocycles. The van der Waals surface area contributed by atoms with Gasteiger partial charge in [0.25, 0.3) is 5.91 Å². The number of carboxylic acids is 1. The summed E-state index contributed by atoms with van der Waals surface area (Å²) < 4.78 is 7.17. The second-order valence-corrected chi connectivity index (χ2v) is 5.50. The van der Waals surface area contributed by atoms with Crippen molar-refractivity contribution < 1.29 is 19.4 Å². The molecule has 1 unspecified atom stereocenters. The summed E-state index contributed by atoms with van der Waals surface area (Å²) in [5.74, 6) is -1.24. The summed E-state index contributed by atoms with van der Waals surface area (Å²) >= 11 is 0. The lowest BCUT2D eigenvalue weighted by molar-refractivity contribution is -0.160. The summed E-state index contributed by atoms with van der Waals surface area (Å²) in [5, 5.41) is 9.10. The van der Waals surface area contributed by atoms with Crippen molar-refractivity contribution in [1.29, 1.82) is 0 Å². The molecular weight excluding hydrogens is 298 g/mol. The molecule has 2 aromatic rings. The third-order valence-electron chi connectivity index (χ3n) is 3.74. The molecule has 2 heterocycles. The first kappa shape index (κ1) is 15.2. The number of rotatable bonds is 3. The summed E-state index contributed by atoms with van der Waals surface area (Å²) in [5.41, 5.74) is 1.42. The second-order valence-electron chi connectivity index (χ2n) is 5.50. The van der Waals surface area contributed by atoms with E-state index in [4.69, 9.17) is 9.84 Å². The van der Waals surface area contributed by atoms with E-state index >= 15 is 0 Å². The van der Waals surface area contributed by atoms with Gasteiger partial charge in [-0.15, -0.1) is 0 Å². The van der Waals surface area contributed by atoms with Crippen molar-refractivity contribution >= 4 is 11.9 Å². The highest BCUT2D eigenvalue weighted by atomic mass is 16.5. The lowest BCUT2D eigenvalue weighted by Gasteiger charge is -2.35. The second kappa shape index (κ2) is 6.21. The highest BCUT2D eigenvalue weighted by molar-refractivity contribution is 5.94. The molecule has 7 heteroatoms.